The second kappa shape index (κ2) is 4.55. The first-order chi connectivity index (χ1) is 8.99. The normalized spacial score (nSPS) is 14.3. The zero-order valence-corrected chi connectivity index (χ0v) is 10.5. The van der Waals surface area contributed by atoms with Crippen LogP contribution in [0.15, 0.2) is 11.6 Å². The highest BCUT2D eigenvalue weighted by molar-refractivity contribution is 7.17. The first-order valence-corrected chi connectivity index (χ1v) is 5.79. The number of imide groups is 1. The van der Waals surface area contributed by atoms with Crippen LogP contribution in [0, 0.1) is 11.3 Å². The maximum absolute atomic E-state index is 11.6. The number of hydrogen-bond acceptors (Lipinski definition) is 7. The molecule has 2 rings (SSSR count). The van der Waals surface area contributed by atoms with E-state index < -0.39 is 17.8 Å². The lowest BCUT2D eigenvalue weighted by atomic mass is 10.1. The maximum atomic E-state index is 11.6. The Labute approximate surface area is 111 Å². The molecule has 1 aliphatic heterocycles. The van der Waals surface area contributed by atoms with Crippen molar-refractivity contribution in [1.29, 1.82) is 5.26 Å². The number of nitrogens with one attached hydrogen (secondary N) is 1. The SMILES string of the molecule is COC(=O)c1cc(C2=C(C#N)C(=O)NC2=O)sc1N. The van der Waals surface area contributed by atoms with E-state index in [1.807, 2.05) is 5.32 Å². The number of nitrogens with zero attached hydrogens (tertiary/aromatic N) is 1. The summed E-state index contributed by atoms with van der Waals surface area (Å²) in [6.07, 6.45) is 0. The van der Waals surface area contributed by atoms with E-state index in [-0.39, 0.29) is 26.6 Å². The van der Waals surface area contributed by atoms with E-state index in [1.165, 1.54) is 13.2 Å². The lowest BCUT2D eigenvalue weighted by molar-refractivity contribution is -0.123. The Morgan fingerprint density at radius 3 is 2.74 bits per heavy atom. The number of nitriles is 1. The predicted molar refractivity (Wildman–Crippen MR) is 65.8 cm³/mol. The van der Waals surface area contributed by atoms with Gasteiger partial charge in [0.2, 0.25) is 0 Å². The fourth-order valence-corrected chi connectivity index (χ4v) is 2.56. The van der Waals surface area contributed by atoms with E-state index >= 15 is 0 Å². The number of hydrogen-bond donors (Lipinski definition) is 2. The quantitative estimate of drug-likeness (QED) is 0.581. The second-order valence-electron chi connectivity index (χ2n) is 3.53. The Balaban J connectivity index is 2.58. The van der Waals surface area contributed by atoms with Crippen molar-refractivity contribution >= 4 is 39.7 Å². The highest BCUT2D eigenvalue weighted by Crippen LogP contribution is 2.34. The molecule has 2 amide bonds. The molecule has 0 aliphatic carbocycles. The Bertz CT molecular complexity index is 681. The van der Waals surface area contributed by atoms with E-state index in [0.29, 0.717) is 0 Å². The monoisotopic (exact) mass is 277 g/mol. The van der Waals surface area contributed by atoms with Crippen LogP contribution in [0.3, 0.4) is 0 Å². The molecule has 1 aromatic rings. The summed E-state index contributed by atoms with van der Waals surface area (Å²) in [5.41, 5.74) is 5.39. The van der Waals surface area contributed by atoms with E-state index in [4.69, 9.17) is 11.0 Å². The fraction of sp³-hybridized carbons (Fsp3) is 0.0909. The third kappa shape index (κ3) is 1.96. The molecule has 0 radical (unpaired) electrons. The molecule has 0 bridgehead atoms. The largest absolute Gasteiger partial charge is 0.465 e. The molecule has 0 saturated heterocycles. The Kier molecular flexibility index (Phi) is 3.06. The van der Waals surface area contributed by atoms with Crippen molar-refractivity contribution < 1.29 is 19.1 Å². The van der Waals surface area contributed by atoms with Gasteiger partial charge in [-0.05, 0) is 6.07 Å². The first-order valence-electron chi connectivity index (χ1n) is 4.97. The molecule has 0 fully saturated rings. The number of nitrogens with two attached hydrogens (primary N) is 1. The number of ether oxygens (including phenoxy) is 1. The third-order valence-corrected chi connectivity index (χ3v) is 3.44. The molecule has 0 aromatic carbocycles. The van der Waals surface area contributed by atoms with Crippen LogP contribution in [0.4, 0.5) is 5.00 Å². The van der Waals surface area contributed by atoms with Gasteiger partial charge in [-0.2, -0.15) is 5.26 Å². The van der Waals surface area contributed by atoms with Crippen molar-refractivity contribution in [3.05, 3.63) is 22.1 Å². The van der Waals surface area contributed by atoms with Gasteiger partial charge in [-0.1, -0.05) is 0 Å². The highest BCUT2D eigenvalue weighted by atomic mass is 32.1. The summed E-state index contributed by atoms with van der Waals surface area (Å²) in [6.45, 7) is 0. The number of thiophene rings is 1. The van der Waals surface area contributed by atoms with Gasteiger partial charge in [-0.15, -0.1) is 11.3 Å². The number of nitrogen functional groups attached to an aromatic ring is 1. The molecular weight excluding hydrogens is 270 g/mol. The minimum Gasteiger partial charge on any atom is -0.465 e. The Morgan fingerprint density at radius 2 is 2.16 bits per heavy atom. The van der Waals surface area contributed by atoms with Crippen molar-refractivity contribution in [1.82, 2.24) is 5.32 Å². The molecule has 0 unspecified atom stereocenters. The van der Waals surface area contributed by atoms with Gasteiger partial charge in [0.1, 0.15) is 16.6 Å². The maximum Gasteiger partial charge on any atom is 0.340 e. The molecule has 0 atom stereocenters. The van der Waals surface area contributed by atoms with Crippen LogP contribution in [0.25, 0.3) is 5.57 Å². The molecule has 96 valence electrons. The van der Waals surface area contributed by atoms with Crippen molar-refractivity contribution in [3.8, 4) is 6.07 Å². The predicted octanol–water partition coefficient (Wildman–Crippen LogP) is 0.0505. The number of methoxy groups -OCH3 is 1. The highest BCUT2D eigenvalue weighted by Gasteiger charge is 2.33. The van der Waals surface area contributed by atoms with Crippen molar-refractivity contribution in [3.63, 3.8) is 0 Å². The minimum atomic E-state index is -0.755. The summed E-state index contributed by atoms with van der Waals surface area (Å²) in [7, 11) is 1.20. The van der Waals surface area contributed by atoms with E-state index in [0.717, 1.165) is 11.3 Å². The average Bonchev–Trinajstić information content (AvgIpc) is 2.88. The molecule has 0 saturated carbocycles. The smallest absolute Gasteiger partial charge is 0.340 e. The second-order valence-corrected chi connectivity index (χ2v) is 4.61. The molecule has 8 heteroatoms. The standard InChI is InChI=1S/C11H7N3O4S/c1-18-11(17)4-2-6(19-8(4)13)7-5(3-12)9(15)14-10(7)16/h2H,13H2,1H3,(H,14,15,16). The van der Waals surface area contributed by atoms with Gasteiger partial charge >= 0.3 is 5.97 Å². The molecule has 7 nitrogen and oxygen atoms in total. The lowest BCUT2D eigenvalue weighted by Crippen LogP contribution is -2.22. The van der Waals surface area contributed by atoms with Gasteiger partial charge in [-0.3, -0.25) is 14.9 Å². The first kappa shape index (κ1) is 12.8. The van der Waals surface area contributed by atoms with Gasteiger partial charge in [0.15, 0.2) is 0 Å². The third-order valence-electron chi connectivity index (χ3n) is 2.46. The van der Waals surface area contributed by atoms with Gasteiger partial charge in [0, 0.05) is 4.88 Å². The van der Waals surface area contributed by atoms with Crippen LogP contribution in [0.2, 0.25) is 0 Å². The number of amides is 2. The number of anilines is 1. The Hall–Kier alpha value is -2.66. The zero-order chi connectivity index (χ0) is 14.2. The van der Waals surface area contributed by atoms with Gasteiger partial charge in [0.05, 0.1) is 18.2 Å². The Morgan fingerprint density at radius 1 is 1.47 bits per heavy atom. The van der Waals surface area contributed by atoms with Crippen LogP contribution in [-0.2, 0) is 14.3 Å². The van der Waals surface area contributed by atoms with Crippen molar-refractivity contribution in [2.45, 2.75) is 0 Å². The van der Waals surface area contributed by atoms with Crippen LogP contribution in [-0.4, -0.2) is 24.9 Å². The molecule has 3 N–H and O–H groups in total. The lowest BCUT2D eigenvalue weighted by Gasteiger charge is -1.95. The van der Waals surface area contributed by atoms with Gasteiger partial charge < -0.3 is 10.5 Å². The fourth-order valence-electron chi connectivity index (χ4n) is 1.59. The minimum absolute atomic E-state index is 0.0700. The molecule has 2 heterocycles. The molecule has 19 heavy (non-hydrogen) atoms. The number of carbonyl (C=O) groups is 3. The number of esters is 1. The summed E-state index contributed by atoms with van der Waals surface area (Å²) in [4.78, 5) is 34.7. The van der Waals surface area contributed by atoms with Crippen LogP contribution in [0.1, 0.15) is 15.2 Å². The van der Waals surface area contributed by atoms with Gasteiger partial charge in [-0.25, -0.2) is 4.79 Å². The van der Waals surface area contributed by atoms with E-state index in [1.54, 1.807) is 6.07 Å². The van der Waals surface area contributed by atoms with Crippen LogP contribution < -0.4 is 11.1 Å². The summed E-state index contributed by atoms with van der Waals surface area (Å²) < 4.78 is 4.53. The van der Waals surface area contributed by atoms with Gasteiger partial charge in [0.25, 0.3) is 11.8 Å². The van der Waals surface area contributed by atoms with Crippen LogP contribution >= 0.6 is 11.3 Å². The molecule has 1 aromatic heterocycles. The van der Waals surface area contributed by atoms with Crippen molar-refractivity contribution in [2.24, 2.45) is 0 Å². The van der Waals surface area contributed by atoms with Crippen molar-refractivity contribution in [2.75, 3.05) is 12.8 Å². The van der Waals surface area contributed by atoms with E-state index in [9.17, 15) is 14.4 Å². The summed E-state index contributed by atoms with van der Waals surface area (Å²) in [6, 6.07) is 2.99. The summed E-state index contributed by atoms with van der Waals surface area (Å²) >= 11 is 0.935. The van der Waals surface area contributed by atoms with E-state index in [2.05, 4.69) is 4.74 Å². The topological polar surface area (TPSA) is 122 Å². The number of carbonyl (C=O) groups excluding carboxylic acids is 3. The number of rotatable bonds is 2. The zero-order valence-electron chi connectivity index (χ0n) is 9.64. The summed E-state index contributed by atoms with van der Waals surface area (Å²) in [5.74, 6) is -2.09. The molecular formula is C11H7N3O4S. The molecule has 0 spiro atoms. The van der Waals surface area contributed by atoms with Crippen LogP contribution in [0.5, 0.6) is 0 Å². The average molecular weight is 277 g/mol. The summed E-state index contributed by atoms with van der Waals surface area (Å²) in [5, 5.41) is 11.0. The molecule has 1 aliphatic rings.